The lowest BCUT2D eigenvalue weighted by Gasteiger charge is -2.34. The van der Waals surface area contributed by atoms with E-state index in [4.69, 9.17) is 0 Å². The maximum atomic E-state index is 14.0. The summed E-state index contributed by atoms with van der Waals surface area (Å²) in [5.41, 5.74) is 0.559. The standard InChI is InChI=1S/C12H16BrFN2O.ClH/c13-10-3-1-2-9(12(10)14)11(8-17)16-6-4-15-5-7-16;/h1-3,11,15,17H,4-8H2;1H/t11-;/m1./s1. The van der Waals surface area contributed by atoms with E-state index in [9.17, 15) is 9.50 Å². The molecule has 0 spiro atoms. The Hall–Kier alpha value is -0.200. The van der Waals surface area contributed by atoms with E-state index in [1.54, 1.807) is 18.2 Å². The van der Waals surface area contributed by atoms with Crippen LogP contribution >= 0.6 is 28.3 Å². The van der Waals surface area contributed by atoms with Crippen molar-refractivity contribution in [2.75, 3.05) is 32.8 Å². The third kappa shape index (κ3) is 3.42. The van der Waals surface area contributed by atoms with Crippen LogP contribution < -0.4 is 5.32 Å². The van der Waals surface area contributed by atoms with Crippen LogP contribution in [0.4, 0.5) is 4.39 Å². The van der Waals surface area contributed by atoms with E-state index in [0.29, 0.717) is 10.0 Å². The Morgan fingerprint density at radius 3 is 2.67 bits per heavy atom. The molecule has 6 heteroatoms. The van der Waals surface area contributed by atoms with Gasteiger partial charge in [-0.1, -0.05) is 12.1 Å². The zero-order valence-corrected chi connectivity index (χ0v) is 12.3. The van der Waals surface area contributed by atoms with E-state index < -0.39 is 0 Å². The first-order valence-electron chi connectivity index (χ1n) is 5.73. The summed E-state index contributed by atoms with van der Waals surface area (Å²) in [6.07, 6.45) is 0. The molecule has 0 amide bonds. The molecular weight excluding hydrogens is 323 g/mol. The van der Waals surface area contributed by atoms with Gasteiger partial charge in [0, 0.05) is 31.7 Å². The molecule has 0 unspecified atom stereocenters. The molecule has 1 aliphatic rings. The Morgan fingerprint density at radius 1 is 1.39 bits per heavy atom. The largest absolute Gasteiger partial charge is 0.394 e. The van der Waals surface area contributed by atoms with Crippen molar-refractivity contribution in [2.45, 2.75) is 6.04 Å². The summed E-state index contributed by atoms with van der Waals surface area (Å²) >= 11 is 3.18. The summed E-state index contributed by atoms with van der Waals surface area (Å²) in [5, 5.41) is 12.7. The molecule has 0 saturated carbocycles. The Kier molecular flexibility index (Phi) is 6.52. The second kappa shape index (κ2) is 7.40. The third-order valence-electron chi connectivity index (χ3n) is 3.11. The van der Waals surface area contributed by atoms with Crippen molar-refractivity contribution in [2.24, 2.45) is 0 Å². The van der Waals surface area contributed by atoms with Crippen LogP contribution in [-0.2, 0) is 0 Å². The Balaban J connectivity index is 0.00000162. The minimum atomic E-state index is -0.273. The van der Waals surface area contributed by atoms with Gasteiger partial charge in [0.1, 0.15) is 5.82 Å². The molecule has 0 aliphatic carbocycles. The van der Waals surface area contributed by atoms with Crippen LogP contribution in [0.2, 0.25) is 0 Å². The maximum Gasteiger partial charge on any atom is 0.142 e. The Morgan fingerprint density at radius 2 is 2.06 bits per heavy atom. The van der Waals surface area contributed by atoms with Crippen molar-refractivity contribution in [1.82, 2.24) is 10.2 Å². The normalized spacial score (nSPS) is 18.2. The van der Waals surface area contributed by atoms with Crippen LogP contribution in [0.25, 0.3) is 0 Å². The fourth-order valence-corrected chi connectivity index (χ4v) is 2.56. The van der Waals surface area contributed by atoms with Crippen LogP contribution in [0.1, 0.15) is 11.6 Å². The zero-order valence-electron chi connectivity index (χ0n) is 9.90. The number of aliphatic hydroxyl groups excluding tert-OH is 1. The number of halogens is 3. The molecule has 0 radical (unpaired) electrons. The maximum absolute atomic E-state index is 14.0. The molecule has 2 rings (SSSR count). The van der Waals surface area contributed by atoms with Gasteiger partial charge in [-0.15, -0.1) is 12.4 Å². The number of hydrogen-bond donors (Lipinski definition) is 2. The van der Waals surface area contributed by atoms with Crippen LogP contribution in [0.5, 0.6) is 0 Å². The fourth-order valence-electron chi connectivity index (χ4n) is 2.18. The average molecular weight is 340 g/mol. The SMILES string of the molecule is Cl.OC[C@H](c1cccc(Br)c1F)N1CCNCC1. The number of benzene rings is 1. The zero-order chi connectivity index (χ0) is 12.3. The van der Waals surface area contributed by atoms with E-state index in [1.807, 2.05) is 0 Å². The molecular formula is C12H17BrClFN2O. The molecule has 0 aromatic heterocycles. The molecule has 1 aromatic rings. The smallest absolute Gasteiger partial charge is 0.142 e. The van der Waals surface area contributed by atoms with Crippen molar-refractivity contribution < 1.29 is 9.50 Å². The van der Waals surface area contributed by atoms with Crippen LogP contribution in [0.15, 0.2) is 22.7 Å². The first-order valence-corrected chi connectivity index (χ1v) is 6.53. The summed E-state index contributed by atoms with van der Waals surface area (Å²) < 4.78 is 14.4. The third-order valence-corrected chi connectivity index (χ3v) is 3.72. The summed E-state index contributed by atoms with van der Waals surface area (Å²) in [6.45, 7) is 3.36. The van der Waals surface area contributed by atoms with Gasteiger partial charge in [-0.05, 0) is 22.0 Å². The number of nitrogens with one attached hydrogen (secondary N) is 1. The number of nitrogens with zero attached hydrogens (tertiary/aromatic N) is 1. The number of rotatable bonds is 3. The highest BCUT2D eigenvalue weighted by atomic mass is 79.9. The molecule has 1 saturated heterocycles. The first kappa shape index (κ1) is 15.9. The fraction of sp³-hybridized carbons (Fsp3) is 0.500. The van der Waals surface area contributed by atoms with Gasteiger partial charge >= 0.3 is 0 Å². The van der Waals surface area contributed by atoms with E-state index in [-0.39, 0.29) is 30.9 Å². The van der Waals surface area contributed by atoms with Crippen molar-refractivity contribution in [3.05, 3.63) is 34.1 Å². The quantitative estimate of drug-likeness (QED) is 0.883. The molecule has 1 aromatic carbocycles. The molecule has 1 heterocycles. The minimum absolute atomic E-state index is 0. The van der Waals surface area contributed by atoms with Crippen LogP contribution in [0, 0.1) is 5.82 Å². The Labute approximate surface area is 121 Å². The van der Waals surface area contributed by atoms with Gasteiger partial charge in [-0.25, -0.2) is 4.39 Å². The van der Waals surface area contributed by atoms with Gasteiger partial charge < -0.3 is 10.4 Å². The highest BCUT2D eigenvalue weighted by Gasteiger charge is 2.24. The molecule has 102 valence electrons. The topological polar surface area (TPSA) is 35.5 Å². The number of hydrogen-bond acceptors (Lipinski definition) is 3. The molecule has 1 fully saturated rings. The second-order valence-electron chi connectivity index (χ2n) is 4.13. The average Bonchev–Trinajstić information content (AvgIpc) is 2.37. The number of piperazine rings is 1. The predicted octanol–water partition coefficient (Wildman–Crippen LogP) is 1.95. The number of aliphatic hydroxyl groups is 1. The molecule has 0 bridgehead atoms. The van der Waals surface area contributed by atoms with Crippen molar-refractivity contribution in [3.8, 4) is 0 Å². The summed E-state index contributed by atoms with van der Waals surface area (Å²) in [4.78, 5) is 2.11. The minimum Gasteiger partial charge on any atom is -0.394 e. The van der Waals surface area contributed by atoms with E-state index >= 15 is 0 Å². The van der Waals surface area contributed by atoms with Gasteiger partial charge in [-0.2, -0.15) is 0 Å². The highest BCUT2D eigenvalue weighted by molar-refractivity contribution is 9.10. The van der Waals surface area contributed by atoms with Gasteiger partial charge in [0.05, 0.1) is 17.1 Å². The first-order chi connectivity index (χ1) is 8.24. The Bertz CT molecular complexity index is 388. The van der Waals surface area contributed by atoms with E-state index in [0.717, 1.165) is 26.2 Å². The summed E-state index contributed by atoms with van der Waals surface area (Å²) in [7, 11) is 0. The molecule has 3 nitrogen and oxygen atoms in total. The van der Waals surface area contributed by atoms with Crippen LogP contribution in [-0.4, -0.2) is 42.8 Å². The predicted molar refractivity (Wildman–Crippen MR) is 75.6 cm³/mol. The second-order valence-corrected chi connectivity index (χ2v) is 4.98. The van der Waals surface area contributed by atoms with Crippen LogP contribution in [0.3, 0.4) is 0 Å². The molecule has 1 atom stereocenters. The van der Waals surface area contributed by atoms with Gasteiger partial charge in [0.25, 0.3) is 0 Å². The van der Waals surface area contributed by atoms with Crippen molar-refractivity contribution in [1.29, 1.82) is 0 Å². The highest BCUT2D eigenvalue weighted by Crippen LogP contribution is 2.27. The van der Waals surface area contributed by atoms with Gasteiger partial charge in [0.2, 0.25) is 0 Å². The lowest BCUT2D eigenvalue weighted by Crippen LogP contribution is -2.46. The summed E-state index contributed by atoms with van der Waals surface area (Å²) in [5.74, 6) is -0.273. The van der Waals surface area contributed by atoms with Crippen molar-refractivity contribution in [3.63, 3.8) is 0 Å². The molecule has 1 aliphatic heterocycles. The van der Waals surface area contributed by atoms with Gasteiger partial charge in [0.15, 0.2) is 0 Å². The monoisotopic (exact) mass is 338 g/mol. The van der Waals surface area contributed by atoms with Crippen molar-refractivity contribution >= 4 is 28.3 Å². The lowest BCUT2D eigenvalue weighted by atomic mass is 10.0. The van der Waals surface area contributed by atoms with E-state index in [1.165, 1.54) is 0 Å². The van der Waals surface area contributed by atoms with E-state index in [2.05, 4.69) is 26.1 Å². The molecule has 2 N–H and O–H groups in total. The molecule has 18 heavy (non-hydrogen) atoms. The lowest BCUT2D eigenvalue weighted by molar-refractivity contribution is 0.108. The summed E-state index contributed by atoms with van der Waals surface area (Å²) in [6, 6.07) is 4.95. The van der Waals surface area contributed by atoms with Gasteiger partial charge in [-0.3, -0.25) is 4.90 Å².